The first-order valence-corrected chi connectivity index (χ1v) is 5.51. The topological polar surface area (TPSA) is 99.1 Å². The van der Waals surface area contributed by atoms with Gasteiger partial charge in [-0.15, -0.1) is 0 Å². The van der Waals surface area contributed by atoms with Crippen molar-refractivity contribution in [2.75, 3.05) is 11.1 Å². The van der Waals surface area contributed by atoms with E-state index < -0.39 is 5.97 Å². The minimum Gasteiger partial charge on any atom is -0.478 e. The van der Waals surface area contributed by atoms with E-state index in [0.29, 0.717) is 16.9 Å². The molecular weight excluding hydrogens is 242 g/mol. The van der Waals surface area contributed by atoms with Crippen molar-refractivity contribution in [1.82, 2.24) is 0 Å². The fourth-order valence-electron chi connectivity index (χ4n) is 1.71. The average Bonchev–Trinajstić information content (AvgIpc) is 2.41. The summed E-state index contributed by atoms with van der Waals surface area (Å²) in [6, 6.07) is 13.5. The van der Waals surface area contributed by atoms with E-state index in [1.807, 2.05) is 6.07 Å². The standard InChI is InChI=1S/C14H11N3O2/c15-8-9-4-1-2-7-12(9)17-13-10(14(18)19)5-3-6-11(13)16/h1-7,17H,16H2,(H,18,19). The number of hydrogen-bond donors (Lipinski definition) is 3. The summed E-state index contributed by atoms with van der Waals surface area (Å²) < 4.78 is 0. The van der Waals surface area contributed by atoms with Crippen molar-refractivity contribution in [3.63, 3.8) is 0 Å². The number of aromatic carboxylic acids is 1. The number of nitriles is 1. The quantitative estimate of drug-likeness (QED) is 0.730. The molecule has 94 valence electrons. The molecule has 2 aromatic rings. The maximum absolute atomic E-state index is 11.2. The van der Waals surface area contributed by atoms with Gasteiger partial charge in [0.2, 0.25) is 0 Å². The molecule has 0 aliphatic rings. The van der Waals surface area contributed by atoms with E-state index in [4.69, 9.17) is 16.1 Å². The molecule has 0 bridgehead atoms. The largest absolute Gasteiger partial charge is 0.478 e. The van der Waals surface area contributed by atoms with E-state index in [-0.39, 0.29) is 11.3 Å². The summed E-state index contributed by atoms with van der Waals surface area (Å²) in [5.41, 5.74) is 7.39. The van der Waals surface area contributed by atoms with Crippen LogP contribution in [0.3, 0.4) is 0 Å². The van der Waals surface area contributed by atoms with Crippen LogP contribution in [-0.2, 0) is 0 Å². The number of anilines is 3. The van der Waals surface area contributed by atoms with Crippen molar-refractivity contribution in [2.45, 2.75) is 0 Å². The molecule has 0 radical (unpaired) electrons. The van der Waals surface area contributed by atoms with Gasteiger partial charge < -0.3 is 16.2 Å². The Morgan fingerprint density at radius 3 is 2.63 bits per heavy atom. The van der Waals surface area contributed by atoms with Crippen molar-refractivity contribution < 1.29 is 9.90 Å². The Morgan fingerprint density at radius 1 is 1.21 bits per heavy atom. The molecule has 0 saturated heterocycles. The normalized spacial score (nSPS) is 9.63. The predicted octanol–water partition coefficient (Wildman–Crippen LogP) is 2.58. The van der Waals surface area contributed by atoms with Crippen molar-refractivity contribution in [1.29, 1.82) is 5.26 Å². The van der Waals surface area contributed by atoms with Gasteiger partial charge in [-0.2, -0.15) is 5.26 Å². The zero-order valence-electron chi connectivity index (χ0n) is 9.92. The molecule has 5 nitrogen and oxygen atoms in total. The summed E-state index contributed by atoms with van der Waals surface area (Å²) in [5.74, 6) is -1.08. The molecule has 0 spiro atoms. The minimum atomic E-state index is -1.08. The van der Waals surface area contributed by atoms with Crippen LogP contribution in [0.25, 0.3) is 0 Å². The van der Waals surface area contributed by atoms with E-state index in [1.165, 1.54) is 6.07 Å². The zero-order chi connectivity index (χ0) is 13.8. The number of nitrogen functional groups attached to an aromatic ring is 1. The highest BCUT2D eigenvalue weighted by Crippen LogP contribution is 2.28. The van der Waals surface area contributed by atoms with E-state index in [1.54, 1.807) is 36.4 Å². The summed E-state index contributed by atoms with van der Waals surface area (Å²) in [6.45, 7) is 0. The molecule has 0 aliphatic carbocycles. The first-order chi connectivity index (χ1) is 9.13. The lowest BCUT2D eigenvalue weighted by atomic mass is 10.1. The van der Waals surface area contributed by atoms with Crippen molar-refractivity contribution in [3.05, 3.63) is 53.6 Å². The van der Waals surface area contributed by atoms with Gasteiger partial charge in [0.1, 0.15) is 6.07 Å². The molecule has 0 saturated carbocycles. The van der Waals surface area contributed by atoms with Crippen LogP contribution in [0.15, 0.2) is 42.5 Å². The Bertz CT molecular complexity index is 675. The molecule has 19 heavy (non-hydrogen) atoms. The third kappa shape index (κ3) is 2.48. The monoisotopic (exact) mass is 253 g/mol. The zero-order valence-corrected chi connectivity index (χ0v) is 9.92. The lowest BCUT2D eigenvalue weighted by molar-refractivity contribution is 0.0698. The Balaban J connectivity index is 2.50. The molecule has 4 N–H and O–H groups in total. The summed E-state index contributed by atoms with van der Waals surface area (Å²) >= 11 is 0. The lowest BCUT2D eigenvalue weighted by Crippen LogP contribution is -2.06. The van der Waals surface area contributed by atoms with Crippen LogP contribution < -0.4 is 11.1 Å². The van der Waals surface area contributed by atoms with E-state index in [0.717, 1.165) is 0 Å². The molecule has 0 aliphatic heterocycles. The number of carboxylic acids is 1. The Labute approximate surface area is 109 Å². The third-order valence-electron chi connectivity index (χ3n) is 2.63. The Hall–Kier alpha value is -3.00. The van der Waals surface area contributed by atoms with Crippen LogP contribution >= 0.6 is 0 Å². The summed E-state index contributed by atoms with van der Waals surface area (Å²) in [7, 11) is 0. The van der Waals surface area contributed by atoms with Gasteiger partial charge in [-0.1, -0.05) is 18.2 Å². The number of carbonyl (C=O) groups is 1. The van der Waals surface area contributed by atoms with Crippen molar-refractivity contribution >= 4 is 23.0 Å². The van der Waals surface area contributed by atoms with E-state index >= 15 is 0 Å². The van der Waals surface area contributed by atoms with Gasteiger partial charge >= 0.3 is 5.97 Å². The first kappa shape index (κ1) is 12.5. The number of hydrogen-bond acceptors (Lipinski definition) is 4. The molecule has 2 aromatic carbocycles. The SMILES string of the molecule is N#Cc1ccccc1Nc1c(N)cccc1C(=O)O. The van der Waals surface area contributed by atoms with E-state index in [2.05, 4.69) is 5.32 Å². The third-order valence-corrected chi connectivity index (χ3v) is 2.63. The number of benzene rings is 2. The van der Waals surface area contributed by atoms with Crippen LogP contribution in [0, 0.1) is 11.3 Å². The first-order valence-electron chi connectivity index (χ1n) is 5.51. The van der Waals surface area contributed by atoms with Gasteiger partial charge in [-0.25, -0.2) is 4.79 Å². The fourth-order valence-corrected chi connectivity index (χ4v) is 1.71. The Morgan fingerprint density at radius 2 is 1.95 bits per heavy atom. The van der Waals surface area contributed by atoms with Crippen molar-refractivity contribution in [2.24, 2.45) is 0 Å². The molecule has 5 heteroatoms. The number of para-hydroxylation sites is 2. The maximum atomic E-state index is 11.2. The molecule has 0 amide bonds. The van der Waals surface area contributed by atoms with Gasteiger partial charge in [-0.3, -0.25) is 0 Å². The van der Waals surface area contributed by atoms with Gasteiger partial charge in [0.15, 0.2) is 0 Å². The molecule has 0 heterocycles. The van der Waals surface area contributed by atoms with Crippen LogP contribution in [0.5, 0.6) is 0 Å². The number of rotatable bonds is 3. The van der Waals surface area contributed by atoms with Crippen LogP contribution in [-0.4, -0.2) is 11.1 Å². The molecular formula is C14H11N3O2. The number of carboxylic acid groups (broad SMARTS) is 1. The molecule has 0 aromatic heterocycles. The average molecular weight is 253 g/mol. The van der Waals surface area contributed by atoms with E-state index in [9.17, 15) is 4.79 Å². The minimum absolute atomic E-state index is 0.0627. The van der Waals surface area contributed by atoms with Gasteiger partial charge in [0.05, 0.1) is 28.2 Å². The number of nitrogens with two attached hydrogens (primary N) is 1. The second kappa shape index (κ2) is 5.10. The summed E-state index contributed by atoms with van der Waals surface area (Å²) in [4.78, 5) is 11.2. The van der Waals surface area contributed by atoms with Crippen LogP contribution in [0.4, 0.5) is 17.1 Å². The van der Waals surface area contributed by atoms with Crippen molar-refractivity contribution in [3.8, 4) is 6.07 Å². The fraction of sp³-hybridized carbons (Fsp3) is 0. The van der Waals surface area contributed by atoms with Gasteiger partial charge in [-0.05, 0) is 24.3 Å². The summed E-state index contributed by atoms with van der Waals surface area (Å²) in [5, 5.41) is 21.1. The van der Waals surface area contributed by atoms with Gasteiger partial charge in [0.25, 0.3) is 0 Å². The highest BCUT2D eigenvalue weighted by atomic mass is 16.4. The highest BCUT2D eigenvalue weighted by molar-refractivity contribution is 5.99. The maximum Gasteiger partial charge on any atom is 0.337 e. The molecule has 0 fully saturated rings. The molecule has 2 rings (SSSR count). The van der Waals surface area contributed by atoms with Crippen LogP contribution in [0.1, 0.15) is 15.9 Å². The number of nitrogens with one attached hydrogen (secondary N) is 1. The second-order valence-electron chi connectivity index (χ2n) is 3.86. The molecule has 0 unspecified atom stereocenters. The number of nitrogens with zero attached hydrogens (tertiary/aromatic N) is 1. The smallest absolute Gasteiger partial charge is 0.337 e. The highest BCUT2D eigenvalue weighted by Gasteiger charge is 2.13. The second-order valence-corrected chi connectivity index (χ2v) is 3.86. The Kier molecular flexibility index (Phi) is 3.35. The van der Waals surface area contributed by atoms with Gasteiger partial charge in [0, 0.05) is 0 Å². The predicted molar refractivity (Wildman–Crippen MR) is 72.3 cm³/mol. The van der Waals surface area contributed by atoms with Crippen LogP contribution in [0.2, 0.25) is 0 Å². The lowest BCUT2D eigenvalue weighted by Gasteiger charge is -2.13. The molecule has 0 atom stereocenters. The summed E-state index contributed by atoms with van der Waals surface area (Å²) in [6.07, 6.45) is 0.